The first-order chi connectivity index (χ1) is 8.26. The summed E-state index contributed by atoms with van der Waals surface area (Å²) in [6, 6.07) is 7.00. The summed E-state index contributed by atoms with van der Waals surface area (Å²) in [6.07, 6.45) is 11.0. The van der Waals surface area contributed by atoms with E-state index in [1.165, 1.54) is 0 Å². The topological polar surface area (TPSA) is 29.5 Å². The first-order valence-corrected chi connectivity index (χ1v) is 5.26. The minimum absolute atomic E-state index is 0.272. The van der Waals surface area contributed by atoms with Crippen LogP contribution < -0.4 is 0 Å². The van der Waals surface area contributed by atoms with Crippen molar-refractivity contribution in [1.82, 2.24) is 0 Å². The highest BCUT2D eigenvalue weighted by molar-refractivity contribution is 5.52. The molecule has 0 unspecified atom stereocenters. The molecule has 0 aliphatic carbocycles. The molecule has 0 spiro atoms. The van der Waals surface area contributed by atoms with Crippen molar-refractivity contribution in [2.75, 3.05) is 7.11 Å². The molecule has 1 rings (SSSR count). The fourth-order valence-corrected chi connectivity index (χ4v) is 1.21. The first-order valence-electron chi connectivity index (χ1n) is 5.26. The summed E-state index contributed by atoms with van der Waals surface area (Å²) >= 11 is 0. The lowest BCUT2D eigenvalue weighted by atomic mass is 10.2. The molecule has 1 aromatic carbocycles. The van der Waals surface area contributed by atoms with E-state index in [1.807, 2.05) is 36.4 Å². The van der Waals surface area contributed by atoms with E-state index in [-0.39, 0.29) is 5.75 Å². The maximum atomic E-state index is 9.12. The highest BCUT2D eigenvalue weighted by Crippen LogP contribution is 2.10. The molecule has 0 saturated carbocycles. The Morgan fingerprint density at radius 3 is 2.53 bits per heavy atom. The van der Waals surface area contributed by atoms with Crippen LogP contribution in [0.5, 0.6) is 5.75 Å². The molecule has 0 fully saturated rings. The third-order valence-corrected chi connectivity index (χ3v) is 2.07. The maximum Gasteiger partial charge on any atom is 0.118 e. The molecule has 0 aromatic heterocycles. The van der Waals surface area contributed by atoms with Crippen LogP contribution >= 0.6 is 0 Å². The second-order valence-corrected chi connectivity index (χ2v) is 3.32. The molecule has 0 amide bonds. The average Bonchev–Trinajstić information content (AvgIpc) is 2.35. The Balaban J connectivity index is 2.60. The number of hydrogen-bond donors (Lipinski definition) is 1. The van der Waals surface area contributed by atoms with Crippen LogP contribution in [0.2, 0.25) is 0 Å². The lowest BCUT2D eigenvalue weighted by molar-refractivity contribution is 0.307. The molecule has 0 atom stereocenters. The van der Waals surface area contributed by atoms with E-state index >= 15 is 0 Å². The molecule has 0 bridgehead atoms. The lowest BCUT2D eigenvalue weighted by Crippen LogP contribution is -1.79. The van der Waals surface area contributed by atoms with Crippen LogP contribution in [0, 0.1) is 0 Å². The Morgan fingerprint density at radius 1 is 1.24 bits per heavy atom. The van der Waals surface area contributed by atoms with Crippen LogP contribution in [0.25, 0.3) is 6.08 Å². The van der Waals surface area contributed by atoms with Gasteiger partial charge >= 0.3 is 0 Å². The van der Waals surface area contributed by atoms with Gasteiger partial charge in [-0.2, -0.15) is 0 Å². The van der Waals surface area contributed by atoms with Gasteiger partial charge in [-0.25, -0.2) is 0 Å². The minimum Gasteiger partial charge on any atom is -0.508 e. The van der Waals surface area contributed by atoms with Crippen molar-refractivity contribution >= 4 is 6.08 Å². The largest absolute Gasteiger partial charge is 0.508 e. The molecule has 0 aliphatic heterocycles. The number of phenols is 1. The zero-order valence-corrected chi connectivity index (χ0v) is 9.84. The number of ether oxygens (including phenoxy) is 1. The molecular formula is C15H16O2. The van der Waals surface area contributed by atoms with Gasteiger partial charge in [0.25, 0.3) is 0 Å². The number of phenolic OH excluding ortho intramolecular Hbond substituents is 1. The van der Waals surface area contributed by atoms with Crippen LogP contribution in [0.1, 0.15) is 5.56 Å². The maximum absolute atomic E-state index is 9.12. The molecule has 88 valence electrons. The van der Waals surface area contributed by atoms with Crippen molar-refractivity contribution in [3.63, 3.8) is 0 Å². The van der Waals surface area contributed by atoms with Gasteiger partial charge in [0, 0.05) is 0 Å². The van der Waals surface area contributed by atoms with E-state index in [9.17, 15) is 0 Å². The van der Waals surface area contributed by atoms with Crippen LogP contribution in [-0.4, -0.2) is 12.2 Å². The summed E-state index contributed by atoms with van der Waals surface area (Å²) < 4.78 is 5.09. The van der Waals surface area contributed by atoms with Gasteiger partial charge in [0.2, 0.25) is 0 Å². The van der Waals surface area contributed by atoms with E-state index in [4.69, 9.17) is 9.84 Å². The summed E-state index contributed by atoms with van der Waals surface area (Å²) in [5.74, 6) is 1.02. The van der Waals surface area contributed by atoms with E-state index in [2.05, 4.69) is 6.58 Å². The molecule has 0 radical (unpaired) electrons. The second-order valence-electron chi connectivity index (χ2n) is 3.32. The zero-order valence-electron chi connectivity index (χ0n) is 9.84. The molecule has 1 aromatic rings. The van der Waals surface area contributed by atoms with Gasteiger partial charge in [0.15, 0.2) is 0 Å². The highest BCUT2D eigenvalue weighted by atomic mass is 16.5. The van der Waals surface area contributed by atoms with E-state index in [0.29, 0.717) is 0 Å². The molecule has 2 nitrogen and oxygen atoms in total. The molecule has 0 saturated heterocycles. The number of rotatable bonds is 5. The summed E-state index contributed by atoms with van der Waals surface area (Å²) in [7, 11) is 1.61. The number of allylic oxidation sites excluding steroid dienone is 5. The Kier molecular flexibility index (Phi) is 5.38. The molecule has 1 N–H and O–H groups in total. The standard InChI is InChI=1S/C15H16O2/c1-3-6-15(17-2)8-5-4-7-13-9-11-14(16)12-10-13/h3-12,16H,1H2,2H3/b7-4+,8-5+,15-6+. The third kappa shape index (κ3) is 4.89. The van der Waals surface area contributed by atoms with Crippen molar-refractivity contribution in [3.8, 4) is 5.75 Å². The zero-order chi connectivity index (χ0) is 12.5. The Morgan fingerprint density at radius 2 is 1.94 bits per heavy atom. The number of aromatic hydroxyl groups is 1. The quantitative estimate of drug-likeness (QED) is 0.615. The normalized spacial score (nSPS) is 12.2. The Labute approximate surface area is 102 Å². The number of benzene rings is 1. The van der Waals surface area contributed by atoms with E-state index in [1.54, 1.807) is 31.4 Å². The molecule has 2 heteroatoms. The predicted molar refractivity (Wildman–Crippen MR) is 71.6 cm³/mol. The van der Waals surface area contributed by atoms with Gasteiger partial charge in [0.05, 0.1) is 7.11 Å². The van der Waals surface area contributed by atoms with Gasteiger partial charge in [0.1, 0.15) is 11.5 Å². The summed E-state index contributed by atoms with van der Waals surface area (Å²) in [6.45, 7) is 3.60. The Bertz CT molecular complexity index is 436. The Hall–Kier alpha value is -2.22. The average molecular weight is 228 g/mol. The summed E-state index contributed by atoms with van der Waals surface area (Å²) in [4.78, 5) is 0. The van der Waals surface area contributed by atoms with Gasteiger partial charge < -0.3 is 9.84 Å². The van der Waals surface area contributed by atoms with Crippen LogP contribution in [0.4, 0.5) is 0 Å². The predicted octanol–water partition coefficient (Wildman–Crippen LogP) is 3.68. The van der Waals surface area contributed by atoms with Crippen molar-refractivity contribution < 1.29 is 9.84 Å². The van der Waals surface area contributed by atoms with Crippen LogP contribution in [0.3, 0.4) is 0 Å². The molecule has 17 heavy (non-hydrogen) atoms. The number of hydrogen-bond acceptors (Lipinski definition) is 2. The molecule has 0 aliphatic rings. The monoisotopic (exact) mass is 228 g/mol. The van der Waals surface area contributed by atoms with Gasteiger partial charge in [-0.05, 0) is 29.8 Å². The van der Waals surface area contributed by atoms with Crippen molar-refractivity contribution in [1.29, 1.82) is 0 Å². The van der Waals surface area contributed by atoms with Crippen molar-refractivity contribution in [2.24, 2.45) is 0 Å². The summed E-state index contributed by atoms with van der Waals surface area (Å²) in [5.41, 5.74) is 1.03. The van der Waals surface area contributed by atoms with E-state index < -0.39 is 0 Å². The first kappa shape index (κ1) is 12.8. The molecular weight excluding hydrogens is 212 g/mol. The van der Waals surface area contributed by atoms with Gasteiger partial charge in [-0.1, -0.05) is 43.0 Å². The summed E-state index contributed by atoms with van der Waals surface area (Å²) in [5, 5.41) is 9.12. The lowest BCUT2D eigenvalue weighted by Gasteiger charge is -1.96. The van der Waals surface area contributed by atoms with Crippen LogP contribution in [-0.2, 0) is 4.74 Å². The fourth-order valence-electron chi connectivity index (χ4n) is 1.21. The van der Waals surface area contributed by atoms with Crippen molar-refractivity contribution in [2.45, 2.75) is 0 Å². The minimum atomic E-state index is 0.272. The second kappa shape index (κ2) is 7.12. The van der Waals surface area contributed by atoms with Gasteiger partial charge in [-0.15, -0.1) is 0 Å². The van der Waals surface area contributed by atoms with Gasteiger partial charge in [-0.3, -0.25) is 0 Å². The fraction of sp³-hybridized carbons (Fsp3) is 0.0667. The smallest absolute Gasteiger partial charge is 0.118 e. The van der Waals surface area contributed by atoms with Crippen LogP contribution in [0.15, 0.2) is 67.0 Å². The number of methoxy groups -OCH3 is 1. The highest BCUT2D eigenvalue weighted by Gasteiger charge is 1.87. The third-order valence-electron chi connectivity index (χ3n) is 2.07. The van der Waals surface area contributed by atoms with Crippen molar-refractivity contribution in [3.05, 3.63) is 72.5 Å². The molecule has 0 heterocycles. The van der Waals surface area contributed by atoms with E-state index in [0.717, 1.165) is 11.3 Å². The SMILES string of the molecule is C=C\C=C(/C=C/C=C/c1ccc(O)cc1)OC.